The van der Waals surface area contributed by atoms with Crippen LogP contribution in [0.15, 0.2) is 12.2 Å². The van der Waals surface area contributed by atoms with E-state index in [0.717, 1.165) is 12.8 Å². The lowest BCUT2D eigenvalue weighted by Gasteiger charge is -1.96. The summed E-state index contributed by atoms with van der Waals surface area (Å²) in [6.45, 7) is 5.29. The van der Waals surface area contributed by atoms with Crippen molar-refractivity contribution < 1.29 is 4.79 Å². The van der Waals surface area contributed by atoms with Crippen molar-refractivity contribution in [1.29, 1.82) is 0 Å². The predicted molar refractivity (Wildman–Crippen MR) is 44.4 cm³/mol. The van der Waals surface area contributed by atoms with Gasteiger partial charge in [-0.2, -0.15) is 0 Å². The Morgan fingerprint density at radius 3 is 2.50 bits per heavy atom. The molecule has 0 aromatic carbocycles. The summed E-state index contributed by atoms with van der Waals surface area (Å²) in [5.41, 5.74) is 0.648. The Balaban J connectivity index is 3.31. The maximum absolute atomic E-state index is 10.9. The fraction of sp³-hybridized carbons (Fsp3) is 0.625. The fourth-order valence-corrected chi connectivity index (χ4v) is 0.782. The SMILES string of the molecule is C=C(C)C(=O)CCCCCl. The second kappa shape index (κ2) is 5.48. The quantitative estimate of drug-likeness (QED) is 0.343. The first-order valence-corrected chi connectivity index (χ1v) is 3.96. The first-order chi connectivity index (χ1) is 4.68. The number of allylic oxidation sites excluding steroid dienone is 1. The number of rotatable bonds is 5. The van der Waals surface area contributed by atoms with Gasteiger partial charge in [0.15, 0.2) is 5.78 Å². The molecule has 2 heteroatoms. The van der Waals surface area contributed by atoms with Crippen molar-refractivity contribution in [2.45, 2.75) is 26.2 Å². The summed E-state index contributed by atoms with van der Waals surface area (Å²) in [5, 5.41) is 0. The minimum absolute atomic E-state index is 0.158. The number of alkyl halides is 1. The molecule has 0 aliphatic heterocycles. The van der Waals surface area contributed by atoms with E-state index in [0.29, 0.717) is 17.9 Å². The van der Waals surface area contributed by atoms with E-state index >= 15 is 0 Å². The lowest BCUT2D eigenvalue weighted by atomic mass is 10.1. The van der Waals surface area contributed by atoms with Crippen molar-refractivity contribution >= 4 is 17.4 Å². The first kappa shape index (κ1) is 9.70. The van der Waals surface area contributed by atoms with Crippen LogP contribution in [-0.2, 0) is 4.79 Å². The molecule has 58 valence electrons. The Bertz CT molecular complexity index is 129. The molecule has 0 amide bonds. The molecule has 0 aliphatic carbocycles. The van der Waals surface area contributed by atoms with Gasteiger partial charge in [0.25, 0.3) is 0 Å². The molecule has 0 saturated carbocycles. The average molecular weight is 161 g/mol. The van der Waals surface area contributed by atoms with Gasteiger partial charge in [0, 0.05) is 12.3 Å². The zero-order chi connectivity index (χ0) is 7.98. The van der Waals surface area contributed by atoms with Gasteiger partial charge in [-0.25, -0.2) is 0 Å². The molecule has 0 unspecified atom stereocenters. The molecular formula is C8H13ClO. The Kier molecular flexibility index (Phi) is 5.32. The normalized spacial score (nSPS) is 9.40. The first-order valence-electron chi connectivity index (χ1n) is 3.43. The Morgan fingerprint density at radius 1 is 1.50 bits per heavy atom. The van der Waals surface area contributed by atoms with Crippen molar-refractivity contribution in [1.82, 2.24) is 0 Å². The molecule has 0 heterocycles. The van der Waals surface area contributed by atoms with E-state index in [1.165, 1.54) is 0 Å². The van der Waals surface area contributed by atoms with E-state index in [9.17, 15) is 4.79 Å². The van der Waals surface area contributed by atoms with Crippen LogP contribution in [0.1, 0.15) is 26.2 Å². The minimum Gasteiger partial charge on any atom is -0.295 e. The number of carbonyl (C=O) groups excluding carboxylic acids is 1. The standard InChI is InChI=1S/C8H13ClO/c1-7(2)8(10)5-3-4-6-9/h1,3-6H2,2H3. The monoisotopic (exact) mass is 160 g/mol. The molecular weight excluding hydrogens is 148 g/mol. The second-order valence-electron chi connectivity index (χ2n) is 2.35. The summed E-state index contributed by atoms with van der Waals surface area (Å²) in [6, 6.07) is 0. The van der Waals surface area contributed by atoms with E-state index in [-0.39, 0.29) is 5.78 Å². The third kappa shape index (κ3) is 4.57. The molecule has 0 aromatic rings. The zero-order valence-corrected chi connectivity index (χ0v) is 7.08. The summed E-state index contributed by atoms with van der Waals surface area (Å²) in [7, 11) is 0. The van der Waals surface area contributed by atoms with E-state index in [1.807, 2.05) is 0 Å². The van der Waals surface area contributed by atoms with Crippen LogP contribution in [0.3, 0.4) is 0 Å². The van der Waals surface area contributed by atoms with Crippen LogP contribution >= 0.6 is 11.6 Å². The second-order valence-corrected chi connectivity index (χ2v) is 2.73. The maximum atomic E-state index is 10.9. The topological polar surface area (TPSA) is 17.1 Å². The van der Waals surface area contributed by atoms with Gasteiger partial charge in [0.05, 0.1) is 0 Å². The van der Waals surface area contributed by atoms with Crippen molar-refractivity contribution in [3.05, 3.63) is 12.2 Å². The number of hydrogen-bond donors (Lipinski definition) is 0. The van der Waals surface area contributed by atoms with Crippen LogP contribution in [0.25, 0.3) is 0 Å². The largest absolute Gasteiger partial charge is 0.295 e. The Labute approximate surface area is 67.1 Å². The fourth-order valence-electron chi connectivity index (χ4n) is 0.593. The van der Waals surface area contributed by atoms with Gasteiger partial charge in [-0.15, -0.1) is 11.6 Å². The highest BCUT2D eigenvalue weighted by Gasteiger charge is 1.99. The van der Waals surface area contributed by atoms with E-state index in [4.69, 9.17) is 11.6 Å². The van der Waals surface area contributed by atoms with Crippen LogP contribution in [0.2, 0.25) is 0 Å². The molecule has 0 radical (unpaired) electrons. The summed E-state index contributed by atoms with van der Waals surface area (Å²) in [6.07, 6.45) is 2.40. The molecule has 0 aliphatic rings. The summed E-state index contributed by atoms with van der Waals surface area (Å²) in [5.74, 6) is 0.800. The lowest BCUT2D eigenvalue weighted by molar-refractivity contribution is -0.115. The van der Waals surface area contributed by atoms with Crippen molar-refractivity contribution in [3.8, 4) is 0 Å². The third-order valence-electron chi connectivity index (χ3n) is 1.26. The molecule has 0 aromatic heterocycles. The van der Waals surface area contributed by atoms with E-state index < -0.39 is 0 Å². The van der Waals surface area contributed by atoms with Gasteiger partial charge in [0.2, 0.25) is 0 Å². The molecule has 0 fully saturated rings. The third-order valence-corrected chi connectivity index (χ3v) is 1.53. The number of ketones is 1. The molecule has 0 N–H and O–H groups in total. The van der Waals surface area contributed by atoms with Crippen LogP contribution < -0.4 is 0 Å². The summed E-state index contributed by atoms with van der Waals surface area (Å²) >= 11 is 5.43. The van der Waals surface area contributed by atoms with Gasteiger partial charge in [-0.05, 0) is 25.3 Å². The van der Waals surface area contributed by atoms with Gasteiger partial charge < -0.3 is 0 Å². The van der Waals surface area contributed by atoms with Crippen molar-refractivity contribution in [2.75, 3.05) is 5.88 Å². The molecule has 1 nitrogen and oxygen atoms in total. The molecule has 0 bridgehead atoms. The molecule has 0 saturated heterocycles. The van der Waals surface area contributed by atoms with Crippen LogP contribution in [0, 0.1) is 0 Å². The van der Waals surface area contributed by atoms with Gasteiger partial charge in [0.1, 0.15) is 0 Å². The molecule has 10 heavy (non-hydrogen) atoms. The highest BCUT2D eigenvalue weighted by atomic mass is 35.5. The van der Waals surface area contributed by atoms with Gasteiger partial charge in [-0.3, -0.25) is 4.79 Å². The summed E-state index contributed by atoms with van der Waals surface area (Å²) < 4.78 is 0. The summed E-state index contributed by atoms with van der Waals surface area (Å²) in [4.78, 5) is 10.9. The Hall–Kier alpha value is -0.300. The van der Waals surface area contributed by atoms with Gasteiger partial charge >= 0.3 is 0 Å². The zero-order valence-electron chi connectivity index (χ0n) is 6.32. The maximum Gasteiger partial charge on any atom is 0.157 e. The highest BCUT2D eigenvalue weighted by Crippen LogP contribution is 2.02. The Morgan fingerprint density at radius 2 is 2.10 bits per heavy atom. The van der Waals surface area contributed by atoms with E-state index in [2.05, 4.69) is 6.58 Å². The number of hydrogen-bond acceptors (Lipinski definition) is 1. The van der Waals surface area contributed by atoms with Crippen LogP contribution in [0.5, 0.6) is 0 Å². The number of halogens is 1. The average Bonchev–Trinajstić information content (AvgIpc) is 1.88. The predicted octanol–water partition coefficient (Wildman–Crippen LogP) is 2.54. The van der Waals surface area contributed by atoms with Gasteiger partial charge in [-0.1, -0.05) is 6.58 Å². The highest BCUT2D eigenvalue weighted by molar-refractivity contribution is 6.17. The molecule has 0 rings (SSSR count). The number of Topliss-reactive ketones (excluding diaryl/α,β-unsaturated/α-hetero) is 1. The van der Waals surface area contributed by atoms with Crippen LogP contribution in [0.4, 0.5) is 0 Å². The van der Waals surface area contributed by atoms with Crippen molar-refractivity contribution in [3.63, 3.8) is 0 Å². The number of carbonyl (C=O) groups is 1. The minimum atomic E-state index is 0.158. The lowest BCUT2D eigenvalue weighted by Crippen LogP contribution is -1.97. The van der Waals surface area contributed by atoms with E-state index in [1.54, 1.807) is 6.92 Å². The van der Waals surface area contributed by atoms with Crippen molar-refractivity contribution in [2.24, 2.45) is 0 Å². The number of unbranched alkanes of at least 4 members (excludes halogenated alkanes) is 1. The molecule has 0 atom stereocenters. The molecule has 0 spiro atoms. The smallest absolute Gasteiger partial charge is 0.157 e. The van der Waals surface area contributed by atoms with Crippen LogP contribution in [-0.4, -0.2) is 11.7 Å².